The van der Waals surface area contributed by atoms with E-state index in [4.69, 9.17) is 0 Å². The molecule has 0 spiro atoms. The summed E-state index contributed by atoms with van der Waals surface area (Å²) in [7, 11) is 0. The summed E-state index contributed by atoms with van der Waals surface area (Å²) in [5, 5.41) is 7.39. The van der Waals surface area contributed by atoms with Crippen molar-refractivity contribution >= 4 is 33.2 Å². The van der Waals surface area contributed by atoms with Crippen LogP contribution < -0.4 is 10.6 Å². The van der Waals surface area contributed by atoms with Gasteiger partial charge in [-0.1, -0.05) is 32.0 Å². The molecule has 152 valence electrons. The molecule has 1 aliphatic rings. The van der Waals surface area contributed by atoms with E-state index in [0.717, 1.165) is 37.1 Å². The number of thiophene rings is 1. The fourth-order valence-corrected chi connectivity index (χ4v) is 5.26. The van der Waals surface area contributed by atoms with Crippen LogP contribution in [0, 0.1) is 11.8 Å². The second kappa shape index (κ2) is 9.08. The molecule has 0 aliphatic heterocycles. The van der Waals surface area contributed by atoms with E-state index in [9.17, 15) is 9.59 Å². The van der Waals surface area contributed by atoms with Crippen molar-refractivity contribution in [3.05, 3.63) is 34.7 Å². The second-order valence-corrected chi connectivity index (χ2v) is 9.64. The molecule has 3 rings (SSSR count). The number of carbonyl (C=O) groups excluding carboxylic acids is 2. The van der Waals surface area contributed by atoms with Crippen molar-refractivity contribution in [2.45, 2.75) is 65.3 Å². The maximum Gasteiger partial charge on any atom is 0.261 e. The minimum Gasteiger partial charge on any atom is -0.356 e. The molecule has 1 saturated carbocycles. The topological polar surface area (TPSA) is 58.2 Å². The lowest BCUT2D eigenvalue weighted by Crippen LogP contribution is -2.34. The molecule has 2 aromatic rings. The molecule has 0 bridgehead atoms. The van der Waals surface area contributed by atoms with E-state index in [1.165, 1.54) is 15.6 Å². The molecule has 1 aromatic heterocycles. The minimum atomic E-state index is 0.0375. The number of hydrogen-bond donors (Lipinski definition) is 2. The molecule has 2 amide bonds. The number of amides is 2. The van der Waals surface area contributed by atoms with Gasteiger partial charge in [0.2, 0.25) is 5.91 Å². The quantitative estimate of drug-likeness (QED) is 0.710. The van der Waals surface area contributed by atoms with E-state index in [-0.39, 0.29) is 23.8 Å². The number of hydrogen-bond acceptors (Lipinski definition) is 3. The smallest absolute Gasteiger partial charge is 0.261 e. The van der Waals surface area contributed by atoms with E-state index in [1.807, 2.05) is 33.8 Å². The average molecular weight is 401 g/mol. The Balaban J connectivity index is 1.75. The Morgan fingerprint density at radius 1 is 1.07 bits per heavy atom. The minimum absolute atomic E-state index is 0.0375. The highest BCUT2D eigenvalue weighted by Gasteiger charge is 2.29. The summed E-state index contributed by atoms with van der Waals surface area (Å²) in [5.41, 5.74) is 1.24. The molecule has 4 nitrogen and oxygen atoms in total. The molecule has 1 heterocycles. The van der Waals surface area contributed by atoms with Crippen molar-refractivity contribution in [1.82, 2.24) is 10.6 Å². The SMILES string of the molecule is CC(C)NC(=O)c1sc2ccccc2c1C1CCC(CNC(=O)C(C)C)CC1. The summed E-state index contributed by atoms with van der Waals surface area (Å²) in [6.45, 7) is 8.63. The van der Waals surface area contributed by atoms with Crippen LogP contribution in [0.25, 0.3) is 10.1 Å². The number of carbonyl (C=O) groups is 2. The molecular weight excluding hydrogens is 368 g/mol. The third-order valence-corrected chi connectivity index (χ3v) is 6.79. The Bertz CT molecular complexity index is 832. The van der Waals surface area contributed by atoms with Gasteiger partial charge < -0.3 is 10.6 Å². The van der Waals surface area contributed by atoms with Crippen molar-refractivity contribution < 1.29 is 9.59 Å². The Morgan fingerprint density at radius 2 is 1.75 bits per heavy atom. The highest BCUT2D eigenvalue weighted by molar-refractivity contribution is 7.21. The Kier molecular flexibility index (Phi) is 6.76. The first-order chi connectivity index (χ1) is 13.4. The molecule has 0 atom stereocenters. The van der Waals surface area contributed by atoms with Gasteiger partial charge in [-0.2, -0.15) is 0 Å². The maximum atomic E-state index is 12.8. The van der Waals surface area contributed by atoms with Gasteiger partial charge in [-0.15, -0.1) is 11.3 Å². The first kappa shape index (κ1) is 20.8. The van der Waals surface area contributed by atoms with Crippen LogP contribution in [0.15, 0.2) is 24.3 Å². The van der Waals surface area contributed by atoms with E-state index >= 15 is 0 Å². The van der Waals surface area contributed by atoms with Gasteiger partial charge in [0.1, 0.15) is 0 Å². The molecule has 0 unspecified atom stereocenters. The largest absolute Gasteiger partial charge is 0.356 e. The van der Waals surface area contributed by atoms with Gasteiger partial charge in [0.15, 0.2) is 0 Å². The summed E-state index contributed by atoms with van der Waals surface area (Å²) < 4.78 is 1.19. The van der Waals surface area contributed by atoms with Gasteiger partial charge in [-0.25, -0.2) is 0 Å². The molecular formula is C23H32N2O2S. The first-order valence-corrected chi connectivity index (χ1v) is 11.3. The molecule has 0 radical (unpaired) electrons. The van der Waals surface area contributed by atoms with Crippen molar-refractivity contribution in [1.29, 1.82) is 0 Å². The van der Waals surface area contributed by atoms with E-state index in [2.05, 4.69) is 28.8 Å². The van der Waals surface area contributed by atoms with Gasteiger partial charge in [0.05, 0.1) is 4.88 Å². The molecule has 28 heavy (non-hydrogen) atoms. The normalized spacial score (nSPS) is 19.9. The van der Waals surface area contributed by atoms with Gasteiger partial charge >= 0.3 is 0 Å². The van der Waals surface area contributed by atoms with Crippen LogP contribution in [0.2, 0.25) is 0 Å². The summed E-state index contributed by atoms with van der Waals surface area (Å²) >= 11 is 1.62. The van der Waals surface area contributed by atoms with Crippen molar-refractivity contribution in [3.63, 3.8) is 0 Å². The van der Waals surface area contributed by atoms with E-state index in [1.54, 1.807) is 11.3 Å². The van der Waals surface area contributed by atoms with Gasteiger partial charge in [0.25, 0.3) is 5.91 Å². The monoisotopic (exact) mass is 400 g/mol. The summed E-state index contributed by atoms with van der Waals surface area (Å²) in [4.78, 5) is 25.6. The lowest BCUT2D eigenvalue weighted by molar-refractivity contribution is -0.124. The zero-order valence-corrected chi connectivity index (χ0v) is 18.2. The number of nitrogens with one attached hydrogen (secondary N) is 2. The predicted octanol–water partition coefficient (Wildman–Crippen LogP) is 5.09. The highest BCUT2D eigenvalue weighted by atomic mass is 32.1. The highest BCUT2D eigenvalue weighted by Crippen LogP contribution is 2.43. The fraction of sp³-hybridized carbons (Fsp3) is 0.565. The summed E-state index contributed by atoms with van der Waals surface area (Å²) in [6, 6.07) is 8.51. The van der Waals surface area contributed by atoms with Crippen LogP contribution in [0.1, 0.15) is 74.5 Å². The van der Waals surface area contributed by atoms with Crippen LogP contribution in [0.5, 0.6) is 0 Å². The summed E-state index contributed by atoms with van der Waals surface area (Å²) in [5.74, 6) is 1.18. The van der Waals surface area contributed by atoms with E-state index in [0.29, 0.717) is 11.8 Å². The Labute approximate surface area is 172 Å². The van der Waals surface area contributed by atoms with Crippen LogP contribution in [-0.2, 0) is 4.79 Å². The molecule has 0 saturated heterocycles. The third kappa shape index (κ3) is 4.75. The van der Waals surface area contributed by atoms with E-state index < -0.39 is 0 Å². The second-order valence-electron chi connectivity index (χ2n) is 8.59. The molecule has 2 N–H and O–H groups in total. The van der Waals surface area contributed by atoms with Crippen molar-refractivity contribution in [2.75, 3.05) is 6.54 Å². The van der Waals surface area contributed by atoms with Crippen molar-refractivity contribution in [3.8, 4) is 0 Å². The molecule has 5 heteroatoms. The van der Waals surface area contributed by atoms with Crippen LogP contribution in [-0.4, -0.2) is 24.4 Å². The first-order valence-electron chi connectivity index (χ1n) is 10.5. The lowest BCUT2D eigenvalue weighted by Gasteiger charge is -2.29. The predicted molar refractivity (Wildman–Crippen MR) is 117 cm³/mol. The van der Waals surface area contributed by atoms with Crippen molar-refractivity contribution in [2.24, 2.45) is 11.8 Å². The average Bonchev–Trinajstić information content (AvgIpc) is 3.05. The zero-order valence-electron chi connectivity index (χ0n) is 17.4. The molecule has 1 fully saturated rings. The fourth-order valence-electron chi connectivity index (χ4n) is 4.07. The maximum absolute atomic E-state index is 12.8. The zero-order chi connectivity index (χ0) is 20.3. The number of benzene rings is 1. The number of rotatable bonds is 6. The Hall–Kier alpha value is -1.88. The van der Waals surface area contributed by atoms with Gasteiger partial charge in [-0.3, -0.25) is 9.59 Å². The van der Waals surface area contributed by atoms with Gasteiger partial charge in [-0.05, 0) is 68.4 Å². The van der Waals surface area contributed by atoms with Crippen LogP contribution in [0.4, 0.5) is 0 Å². The lowest BCUT2D eigenvalue weighted by atomic mass is 9.77. The van der Waals surface area contributed by atoms with Crippen LogP contribution in [0.3, 0.4) is 0 Å². The third-order valence-electron chi connectivity index (χ3n) is 5.60. The standard InChI is InChI=1S/C23H32N2O2S/c1-14(2)22(26)24-13-16-9-11-17(12-10-16)20-18-7-5-6-8-19(18)28-21(20)23(27)25-15(3)4/h5-8,14-17H,9-13H2,1-4H3,(H,24,26)(H,25,27). The number of fused-ring (bicyclic) bond motifs is 1. The summed E-state index contributed by atoms with van der Waals surface area (Å²) in [6.07, 6.45) is 4.34. The molecule has 1 aliphatic carbocycles. The Morgan fingerprint density at radius 3 is 2.39 bits per heavy atom. The molecule has 1 aromatic carbocycles. The van der Waals surface area contributed by atoms with Gasteiger partial charge in [0, 0.05) is 23.2 Å². The van der Waals surface area contributed by atoms with Crippen LogP contribution >= 0.6 is 11.3 Å².